The third-order valence-corrected chi connectivity index (χ3v) is 4.14. The third-order valence-electron chi connectivity index (χ3n) is 4.14. The molecule has 2 N–H and O–H groups in total. The lowest BCUT2D eigenvalue weighted by atomic mass is 10.0. The zero-order valence-electron chi connectivity index (χ0n) is 14.9. The summed E-state index contributed by atoms with van der Waals surface area (Å²) in [5.41, 5.74) is 3.20. The minimum Gasteiger partial charge on any atom is -0.392 e. The predicted octanol–water partition coefficient (Wildman–Crippen LogP) is 4.86. The summed E-state index contributed by atoms with van der Waals surface area (Å²) in [6, 6.07) is 11.5. The lowest BCUT2D eigenvalue weighted by Crippen LogP contribution is -2.13. The van der Waals surface area contributed by atoms with Crippen LogP contribution in [0.1, 0.15) is 27.0 Å². The molecule has 7 heteroatoms. The Morgan fingerprint density at radius 1 is 1.18 bits per heavy atom. The first-order valence-electron chi connectivity index (χ1n) is 8.43. The summed E-state index contributed by atoms with van der Waals surface area (Å²) in [6.07, 6.45) is -1.70. The average molecular weight is 386 g/mol. The number of nitrogens with zero attached hydrogens (tertiary/aromatic N) is 1. The van der Waals surface area contributed by atoms with E-state index >= 15 is 0 Å². The maximum Gasteiger partial charge on any atom is 0.409 e. The van der Waals surface area contributed by atoms with Gasteiger partial charge >= 0.3 is 6.18 Å². The molecule has 0 unspecified atom stereocenters. The monoisotopic (exact) mass is 386 g/mol. The van der Waals surface area contributed by atoms with Crippen molar-refractivity contribution >= 4 is 28.6 Å². The van der Waals surface area contributed by atoms with E-state index in [9.17, 15) is 18.0 Å². The Kier molecular flexibility index (Phi) is 5.46. The van der Waals surface area contributed by atoms with Crippen LogP contribution in [0.5, 0.6) is 0 Å². The molecule has 0 radical (unpaired) electrons. The molecule has 4 nitrogen and oxygen atoms in total. The number of hydrogen-bond donors (Lipinski definition) is 2. The molecule has 0 atom stereocenters. The van der Waals surface area contributed by atoms with E-state index in [2.05, 4.69) is 10.3 Å². The number of carbonyl (C=O) groups excluding carboxylic acids is 1. The fourth-order valence-electron chi connectivity index (χ4n) is 2.77. The highest BCUT2D eigenvalue weighted by Gasteiger charge is 2.21. The van der Waals surface area contributed by atoms with Crippen LogP contribution < -0.4 is 5.32 Å². The van der Waals surface area contributed by atoms with Crippen LogP contribution in [0.2, 0.25) is 0 Å². The van der Waals surface area contributed by atoms with Crippen LogP contribution in [0.25, 0.3) is 17.0 Å². The zero-order chi connectivity index (χ0) is 20.3. The summed E-state index contributed by atoms with van der Waals surface area (Å²) >= 11 is 0. The maximum absolute atomic E-state index is 12.5. The van der Waals surface area contributed by atoms with E-state index in [1.165, 1.54) is 18.2 Å². The Morgan fingerprint density at radius 2 is 1.96 bits per heavy atom. The molecule has 0 saturated heterocycles. The molecule has 1 amide bonds. The number of alkyl halides is 3. The number of amides is 1. The number of anilines is 1. The summed E-state index contributed by atoms with van der Waals surface area (Å²) in [5, 5.41) is 12.8. The van der Waals surface area contributed by atoms with Gasteiger partial charge in [0.05, 0.1) is 12.1 Å². The van der Waals surface area contributed by atoms with Crippen molar-refractivity contribution < 1.29 is 23.1 Å². The highest BCUT2D eigenvalue weighted by atomic mass is 19.4. The van der Waals surface area contributed by atoms with Gasteiger partial charge in [-0.25, -0.2) is 0 Å². The Labute approximate surface area is 159 Å². The molecule has 3 aromatic rings. The van der Waals surface area contributed by atoms with Crippen LogP contribution >= 0.6 is 0 Å². The molecule has 0 aliphatic carbocycles. The van der Waals surface area contributed by atoms with E-state index in [4.69, 9.17) is 5.11 Å². The molecular formula is C21H17F3N2O2. The van der Waals surface area contributed by atoms with E-state index in [1.54, 1.807) is 31.3 Å². The summed E-state index contributed by atoms with van der Waals surface area (Å²) in [6.45, 7) is 1.56. The zero-order valence-corrected chi connectivity index (χ0v) is 14.9. The highest BCUT2D eigenvalue weighted by molar-refractivity contribution is 6.06. The number of carbonyl (C=O) groups is 1. The van der Waals surface area contributed by atoms with Crippen molar-refractivity contribution in [3.63, 3.8) is 0 Å². The number of aromatic nitrogens is 1. The molecule has 0 aliphatic rings. The molecule has 3 rings (SSSR count). The van der Waals surface area contributed by atoms with Gasteiger partial charge < -0.3 is 10.4 Å². The molecule has 1 heterocycles. The van der Waals surface area contributed by atoms with Gasteiger partial charge in [-0.3, -0.25) is 9.78 Å². The number of rotatable bonds is 4. The number of pyridine rings is 1. The molecule has 0 bridgehead atoms. The SMILES string of the molecule is Cc1cc(C=CC(F)(F)F)ccc1C(=O)Nc1ccc2cc(CO)cnc2c1. The second kappa shape index (κ2) is 7.82. The first-order chi connectivity index (χ1) is 13.2. The summed E-state index contributed by atoms with van der Waals surface area (Å²) < 4.78 is 36.8. The molecule has 0 saturated carbocycles. The fraction of sp³-hybridized carbons (Fsp3) is 0.143. The number of aliphatic hydroxyl groups excluding tert-OH is 1. The van der Waals surface area contributed by atoms with Gasteiger partial charge in [0.25, 0.3) is 5.91 Å². The molecule has 0 aliphatic heterocycles. The third kappa shape index (κ3) is 4.75. The minimum atomic E-state index is -4.38. The van der Waals surface area contributed by atoms with Gasteiger partial charge in [0.15, 0.2) is 0 Å². The van der Waals surface area contributed by atoms with E-state index in [-0.39, 0.29) is 18.6 Å². The van der Waals surface area contributed by atoms with Gasteiger partial charge in [-0.2, -0.15) is 13.2 Å². The quantitative estimate of drug-likeness (QED) is 0.673. The second-order valence-electron chi connectivity index (χ2n) is 6.31. The van der Waals surface area contributed by atoms with Crippen molar-refractivity contribution in [2.24, 2.45) is 0 Å². The number of allylic oxidation sites excluding steroid dienone is 1. The van der Waals surface area contributed by atoms with Crippen molar-refractivity contribution in [1.29, 1.82) is 0 Å². The van der Waals surface area contributed by atoms with Gasteiger partial charge in [0.1, 0.15) is 0 Å². The standard InChI is InChI=1S/C21H17F3N2O2/c1-13-8-14(6-7-21(22,23)24)2-5-18(13)20(28)26-17-4-3-16-9-15(12-27)11-25-19(16)10-17/h2-11,27H,12H2,1H3,(H,26,28). The molecular weight excluding hydrogens is 369 g/mol. The Hall–Kier alpha value is -3.19. The lowest BCUT2D eigenvalue weighted by Gasteiger charge is -2.10. The molecule has 0 fully saturated rings. The predicted molar refractivity (Wildman–Crippen MR) is 102 cm³/mol. The first-order valence-corrected chi connectivity index (χ1v) is 8.43. The topological polar surface area (TPSA) is 62.2 Å². The molecule has 2 aromatic carbocycles. The van der Waals surface area contributed by atoms with Crippen LogP contribution in [0.4, 0.5) is 18.9 Å². The van der Waals surface area contributed by atoms with Crippen molar-refractivity contribution in [3.8, 4) is 0 Å². The van der Waals surface area contributed by atoms with Crippen molar-refractivity contribution in [2.45, 2.75) is 19.7 Å². The Bertz CT molecular complexity index is 1060. The minimum absolute atomic E-state index is 0.102. The van der Waals surface area contributed by atoms with Gasteiger partial charge in [-0.15, -0.1) is 0 Å². The number of hydrogen-bond acceptors (Lipinski definition) is 3. The molecule has 0 spiro atoms. The summed E-state index contributed by atoms with van der Waals surface area (Å²) in [7, 11) is 0. The van der Waals surface area contributed by atoms with Crippen molar-refractivity contribution in [2.75, 3.05) is 5.32 Å². The average Bonchev–Trinajstić information content (AvgIpc) is 2.65. The summed E-state index contributed by atoms with van der Waals surface area (Å²) in [5.74, 6) is -0.366. The number of halogens is 3. The van der Waals surface area contributed by atoms with Crippen LogP contribution in [-0.4, -0.2) is 22.2 Å². The normalized spacial score (nSPS) is 11.9. The van der Waals surface area contributed by atoms with Crippen molar-refractivity contribution in [1.82, 2.24) is 4.98 Å². The Morgan fingerprint density at radius 3 is 2.64 bits per heavy atom. The van der Waals surface area contributed by atoms with E-state index in [1.807, 2.05) is 6.07 Å². The lowest BCUT2D eigenvalue weighted by molar-refractivity contribution is -0.0790. The maximum atomic E-state index is 12.5. The highest BCUT2D eigenvalue weighted by Crippen LogP contribution is 2.22. The van der Waals surface area contributed by atoms with Crippen LogP contribution in [0, 0.1) is 6.92 Å². The molecule has 28 heavy (non-hydrogen) atoms. The number of benzene rings is 2. The van der Waals surface area contributed by atoms with E-state index < -0.39 is 6.18 Å². The van der Waals surface area contributed by atoms with Crippen LogP contribution in [-0.2, 0) is 6.61 Å². The van der Waals surface area contributed by atoms with Crippen LogP contribution in [0.3, 0.4) is 0 Å². The number of aliphatic hydroxyl groups is 1. The summed E-state index contributed by atoms with van der Waals surface area (Å²) in [4.78, 5) is 16.8. The van der Waals surface area contributed by atoms with Gasteiger partial charge in [0.2, 0.25) is 0 Å². The molecule has 144 valence electrons. The second-order valence-corrected chi connectivity index (χ2v) is 6.31. The van der Waals surface area contributed by atoms with Crippen LogP contribution in [0.15, 0.2) is 54.7 Å². The number of fused-ring (bicyclic) bond motifs is 1. The van der Waals surface area contributed by atoms with E-state index in [0.29, 0.717) is 33.5 Å². The smallest absolute Gasteiger partial charge is 0.392 e. The van der Waals surface area contributed by atoms with E-state index in [0.717, 1.165) is 11.5 Å². The van der Waals surface area contributed by atoms with Gasteiger partial charge in [-0.05, 0) is 47.9 Å². The number of aryl methyl sites for hydroxylation is 1. The largest absolute Gasteiger partial charge is 0.409 e. The van der Waals surface area contributed by atoms with Crippen molar-refractivity contribution in [3.05, 3.63) is 77.0 Å². The Balaban J connectivity index is 1.79. The van der Waals surface area contributed by atoms with Gasteiger partial charge in [0, 0.05) is 28.9 Å². The van der Waals surface area contributed by atoms with Gasteiger partial charge in [-0.1, -0.05) is 24.3 Å². The fourth-order valence-corrected chi connectivity index (χ4v) is 2.77. The number of nitrogens with one attached hydrogen (secondary N) is 1. The first kappa shape index (κ1) is 19.6. The molecule has 1 aromatic heterocycles.